The Morgan fingerprint density at radius 3 is 2.20 bits per heavy atom. The van der Waals surface area contributed by atoms with Crippen molar-refractivity contribution in [1.29, 1.82) is 0 Å². The van der Waals surface area contributed by atoms with Gasteiger partial charge in [-0.2, -0.15) is 0 Å². The van der Waals surface area contributed by atoms with Crippen molar-refractivity contribution in [1.82, 2.24) is 15.1 Å². The smallest absolute Gasteiger partial charge is 0.407 e. The van der Waals surface area contributed by atoms with Gasteiger partial charge in [0.15, 0.2) is 0 Å². The molecular formula is C14H27N3O3. The third kappa shape index (κ3) is 6.23. The lowest BCUT2D eigenvalue weighted by molar-refractivity contribution is -0.130. The van der Waals surface area contributed by atoms with E-state index in [4.69, 9.17) is 4.74 Å². The zero-order chi connectivity index (χ0) is 15.3. The highest BCUT2D eigenvalue weighted by atomic mass is 16.6. The first-order valence-corrected chi connectivity index (χ1v) is 7.14. The minimum Gasteiger partial charge on any atom is -0.445 e. The molecule has 1 fully saturated rings. The van der Waals surface area contributed by atoms with Crippen molar-refractivity contribution in [3.63, 3.8) is 0 Å². The van der Waals surface area contributed by atoms with Crippen LogP contribution in [-0.4, -0.2) is 66.2 Å². The molecular weight excluding hydrogens is 258 g/mol. The monoisotopic (exact) mass is 285 g/mol. The molecule has 0 aromatic carbocycles. The highest BCUT2D eigenvalue weighted by molar-refractivity contribution is 5.73. The number of rotatable bonds is 3. The van der Waals surface area contributed by atoms with E-state index >= 15 is 0 Å². The first kappa shape index (κ1) is 16.8. The first-order valence-electron chi connectivity index (χ1n) is 7.14. The molecule has 0 aliphatic carbocycles. The van der Waals surface area contributed by atoms with Gasteiger partial charge >= 0.3 is 6.09 Å². The molecule has 2 amide bonds. The van der Waals surface area contributed by atoms with E-state index in [2.05, 4.69) is 10.2 Å². The molecule has 1 heterocycles. The van der Waals surface area contributed by atoms with E-state index in [1.54, 1.807) is 6.92 Å². The number of piperazine rings is 1. The van der Waals surface area contributed by atoms with Crippen molar-refractivity contribution in [2.45, 2.75) is 46.3 Å². The summed E-state index contributed by atoms with van der Waals surface area (Å²) in [4.78, 5) is 26.9. The van der Waals surface area contributed by atoms with Gasteiger partial charge in [-0.25, -0.2) is 4.79 Å². The van der Waals surface area contributed by atoms with Crippen LogP contribution >= 0.6 is 0 Å². The number of nitrogens with zero attached hydrogens (tertiary/aromatic N) is 2. The fourth-order valence-corrected chi connectivity index (χ4v) is 2.16. The molecule has 1 rings (SSSR count). The fourth-order valence-electron chi connectivity index (χ4n) is 2.16. The molecule has 1 saturated heterocycles. The normalized spacial score (nSPS) is 18.6. The van der Waals surface area contributed by atoms with Gasteiger partial charge in [0.25, 0.3) is 0 Å². The zero-order valence-electron chi connectivity index (χ0n) is 13.2. The minimum absolute atomic E-state index is 0.124. The predicted molar refractivity (Wildman–Crippen MR) is 77.5 cm³/mol. The zero-order valence-corrected chi connectivity index (χ0v) is 13.2. The molecule has 116 valence electrons. The van der Waals surface area contributed by atoms with Crippen LogP contribution < -0.4 is 5.32 Å². The summed E-state index contributed by atoms with van der Waals surface area (Å²) in [5.41, 5.74) is -0.288. The molecule has 1 aliphatic heterocycles. The summed E-state index contributed by atoms with van der Waals surface area (Å²) in [6.45, 7) is 13.1. The topological polar surface area (TPSA) is 61.9 Å². The van der Waals surface area contributed by atoms with Gasteiger partial charge in [0.2, 0.25) is 5.91 Å². The lowest BCUT2D eigenvalue weighted by atomic mass is 10.1. The van der Waals surface area contributed by atoms with Crippen LogP contribution in [0.25, 0.3) is 0 Å². The van der Waals surface area contributed by atoms with Gasteiger partial charge in [-0.3, -0.25) is 9.69 Å². The van der Waals surface area contributed by atoms with Crippen molar-refractivity contribution in [3.05, 3.63) is 0 Å². The lowest BCUT2D eigenvalue weighted by Crippen LogP contribution is -2.50. The van der Waals surface area contributed by atoms with Crippen molar-refractivity contribution >= 4 is 12.0 Å². The van der Waals surface area contributed by atoms with Gasteiger partial charge in [0.1, 0.15) is 6.10 Å². The SMILES string of the molecule is CC(=O)N1CCN(CC(C)OC(=O)NC(C)(C)C)CC1. The molecule has 0 spiro atoms. The predicted octanol–water partition coefficient (Wildman–Crippen LogP) is 1.06. The quantitative estimate of drug-likeness (QED) is 0.842. The second-order valence-corrected chi connectivity index (χ2v) is 6.40. The molecule has 1 unspecified atom stereocenters. The van der Waals surface area contributed by atoms with Crippen LogP contribution in [0.3, 0.4) is 0 Å². The maximum Gasteiger partial charge on any atom is 0.407 e. The Morgan fingerprint density at radius 2 is 1.75 bits per heavy atom. The van der Waals surface area contributed by atoms with E-state index in [0.29, 0.717) is 6.54 Å². The van der Waals surface area contributed by atoms with Gasteiger partial charge in [-0.15, -0.1) is 0 Å². The number of ether oxygens (including phenoxy) is 1. The van der Waals surface area contributed by atoms with E-state index in [9.17, 15) is 9.59 Å². The Morgan fingerprint density at radius 1 is 1.20 bits per heavy atom. The molecule has 6 nitrogen and oxygen atoms in total. The number of hydrogen-bond acceptors (Lipinski definition) is 4. The van der Waals surface area contributed by atoms with Gasteiger partial charge in [-0.05, 0) is 27.7 Å². The van der Waals surface area contributed by atoms with Crippen molar-refractivity contribution in [3.8, 4) is 0 Å². The number of alkyl carbamates (subject to hydrolysis) is 1. The summed E-state index contributed by atoms with van der Waals surface area (Å²) in [6, 6.07) is 0. The standard InChI is InChI=1S/C14H27N3O3/c1-11(20-13(19)15-14(3,4)5)10-16-6-8-17(9-7-16)12(2)18/h11H,6-10H2,1-5H3,(H,15,19). The van der Waals surface area contributed by atoms with Crippen LogP contribution in [0.5, 0.6) is 0 Å². The molecule has 1 atom stereocenters. The number of nitrogens with one attached hydrogen (secondary N) is 1. The average molecular weight is 285 g/mol. The lowest BCUT2D eigenvalue weighted by Gasteiger charge is -2.35. The summed E-state index contributed by atoms with van der Waals surface area (Å²) in [5, 5.41) is 2.78. The largest absolute Gasteiger partial charge is 0.445 e. The van der Waals surface area contributed by atoms with Crippen LogP contribution in [-0.2, 0) is 9.53 Å². The molecule has 0 aromatic rings. The maximum atomic E-state index is 11.6. The summed E-state index contributed by atoms with van der Waals surface area (Å²) in [7, 11) is 0. The Bertz CT molecular complexity index is 344. The highest BCUT2D eigenvalue weighted by Gasteiger charge is 2.22. The molecule has 0 saturated carbocycles. The van der Waals surface area contributed by atoms with E-state index in [0.717, 1.165) is 26.2 Å². The number of amides is 2. The van der Waals surface area contributed by atoms with Crippen LogP contribution in [0.2, 0.25) is 0 Å². The van der Waals surface area contributed by atoms with Crippen molar-refractivity contribution in [2.75, 3.05) is 32.7 Å². The molecule has 0 radical (unpaired) electrons. The van der Waals surface area contributed by atoms with Crippen LogP contribution in [0.1, 0.15) is 34.6 Å². The van der Waals surface area contributed by atoms with Crippen LogP contribution in [0.4, 0.5) is 4.79 Å². The van der Waals surface area contributed by atoms with E-state index in [-0.39, 0.29) is 23.6 Å². The summed E-state index contributed by atoms with van der Waals surface area (Å²) >= 11 is 0. The van der Waals surface area contributed by atoms with Crippen molar-refractivity contribution in [2.24, 2.45) is 0 Å². The Balaban J connectivity index is 2.28. The Kier molecular flexibility index (Phi) is 5.80. The van der Waals surface area contributed by atoms with Crippen molar-refractivity contribution < 1.29 is 14.3 Å². The van der Waals surface area contributed by atoms with Gasteiger partial charge < -0.3 is 15.0 Å². The third-order valence-electron chi connectivity index (χ3n) is 3.12. The van der Waals surface area contributed by atoms with Crippen LogP contribution in [0.15, 0.2) is 0 Å². The summed E-state index contributed by atoms with van der Waals surface area (Å²) < 4.78 is 5.33. The molecule has 1 N–H and O–H groups in total. The number of carbonyl (C=O) groups is 2. The second-order valence-electron chi connectivity index (χ2n) is 6.40. The molecule has 6 heteroatoms. The highest BCUT2D eigenvalue weighted by Crippen LogP contribution is 2.06. The van der Waals surface area contributed by atoms with Gasteiger partial charge in [-0.1, -0.05) is 0 Å². The first-order chi connectivity index (χ1) is 9.17. The van der Waals surface area contributed by atoms with Crippen LogP contribution in [0, 0.1) is 0 Å². The minimum atomic E-state index is -0.382. The van der Waals surface area contributed by atoms with E-state index in [1.165, 1.54) is 0 Å². The fraction of sp³-hybridized carbons (Fsp3) is 0.857. The van der Waals surface area contributed by atoms with E-state index < -0.39 is 0 Å². The summed E-state index contributed by atoms with van der Waals surface area (Å²) in [6.07, 6.45) is -0.548. The second kappa shape index (κ2) is 6.92. The Hall–Kier alpha value is -1.30. The number of hydrogen-bond donors (Lipinski definition) is 1. The molecule has 0 bridgehead atoms. The van der Waals surface area contributed by atoms with Gasteiger partial charge in [0.05, 0.1) is 0 Å². The van der Waals surface area contributed by atoms with Gasteiger partial charge in [0, 0.05) is 45.2 Å². The third-order valence-corrected chi connectivity index (χ3v) is 3.12. The molecule has 0 aromatic heterocycles. The summed E-state index contributed by atoms with van der Waals surface area (Å²) in [5.74, 6) is 0.124. The average Bonchev–Trinajstić information content (AvgIpc) is 2.26. The Labute approximate surface area is 121 Å². The molecule has 20 heavy (non-hydrogen) atoms. The maximum absolute atomic E-state index is 11.6. The van der Waals surface area contributed by atoms with E-state index in [1.807, 2.05) is 32.6 Å². The molecule has 1 aliphatic rings. The number of carbonyl (C=O) groups excluding carboxylic acids is 2.